The first-order chi connectivity index (χ1) is 8.19. The van der Waals surface area contributed by atoms with Gasteiger partial charge < -0.3 is 14.4 Å². The molecule has 0 saturated carbocycles. The van der Waals surface area contributed by atoms with Crippen LogP contribution in [0.4, 0.5) is 0 Å². The average Bonchev–Trinajstić information content (AvgIpc) is 2.77. The zero-order valence-electron chi connectivity index (χ0n) is 10.7. The fourth-order valence-corrected chi connectivity index (χ4v) is 2.41. The second kappa shape index (κ2) is 5.67. The molecular formula is C13H22N2O2. The van der Waals surface area contributed by atoms with Crippen LogP contribution >= 0.6 is 0 Å². The summed E-state index contributed by atoms with van der Waals surface area (Å²) < 4.78 is 5.51. The number of furan rings is 1. The van der Waals surface area contributed by atoms with Crippen LogP contribution in [-0.4, -0.2) is 48.1 Å². The fraction of sp³-hybridized carbons (Fsp3) is 0.692. The molecule has 1 N–H and O–H groups in total. The molecule has 0 amide bonds. The zero-order chi connectivity index (χ0) is 12.3. The lowest BCUT2D eigenvalue weighted by molar-refractivity contribution is 0.131. The van der Waals surface area contributed by atoms with E-state index in [2.05, 4.69) is 23.9 Å². The van der Waals surface area contributed by atoms with E-state index >= 15 is 0 Å². The van der Waals surface area contributed by atoms with Gasteiger partial charge in [-0.3, -0.25) is 4.90 Å². The standard InChI is InChI=1S/C13H22N2O2/c1-14(2)11-5-7-15(8-6-11)9-12-3-4-13(10-16)17-12/h3-4,11,16H,5-10H2,1-2H3. The molecule has 4 nitrogen and oxygen atoms in total. The number of piperidine rings is 1. The maximum atomic E-state index is 8.94. The Hall–Kier alpha value is -0.840. The number of hydrogen-bond acceptors (Lipinski definition) is 4. The van der Waals surface area contributed by atoms with Gasteiger partial charge >= 0.3 is 0 Å². The largest absolute Gasteiger partial charge is 0.462 e. The summed E-state index contributed by atoms with van der Waals surface area (Å²) in [7, 11) is 4.31. The van der Waals surface area contributed by atoms with E-state index in [4.69, 9.17) is 9.52 Å². The first-order valence-corrected chi connectivity index (χ1v) is 6.26. The van der Waals surface area contributed by atoms with Crippen molar-refractivity contribution in [1.29, 1.82) is 0 Å². The van der Waals surface area contributed by atoms with Crippen molar-refractivity contribution in [2.24, 2.45) is 0 Å². The average molecular weight is 238 g/mol. The van der Waals surface area contributed by atoms with E-state index in [-0.39, 0.29) is 6.61 Å². The molecule has 0 aromatic carbocycles. The third-order valence-electron chi connectivity index (χ3n) is 3.54. The highest BCUT2D eigenvalue weighted by Gasteiger charge is 2.21. The molecule has 1 aromatic heterocycles. The maximum absolute atomic E-state index is 8.94. The van der Waals surface area contributed by atoms with Crippen molar-refractivity contribution >= 4 is 0 Å². The fourth-order valence-electron chi connectivity index (χ4n) is 2.41. The van der Waals surface area contributed by atoms with Gasteiger partial charge in [0.25, 0.3) is 0 Å². The van der Waals surface area contributed by atoms with E-state index in [0.29, 0.717) is 5.76 Å². The summed E-state index contributed by atoms with van der Waals surface area (Å²) in [5.41, 5.74) is 0. The number of aliphatic hydroxyl groups is 1. The van der Waals surface area contributed by atoms with Crippen LogP contribution in [0.25, 0.3) is 0 Å². The molecular weight excluding hydrogens is 216 g/mol. The molecule has 0 unspecified atom stereocenters. The van der Waals surface area contributed by atoms with Gasteiger partial charge in [-0.1, -0.05) is 0 Å². The minimum absolute atomic E-state index is 0.0112. The number of rotatable bonds is 4. The third kappa shape index (κ3) is 3.31. The summed E-state index contributed by atoms with van der Waals surface area (Å²) in [4.78, 5) is 4.73. The van der Waals surface area contributed by atoms with Crippen LogP contribution in [0.3, 0.4) is 0 Å². The summed E-state index contributed by atoms with van der Waals surface area (Å²) >= 11 is 0. The van der Waals surface area contributed by atoms with Crippen molar-refractivity contribution in [3.05, 3.63) is 23.7 Å². The van der Waals surface area contributed by atoms with Crippen molar-refractivity contribution in [3.63, 3.8) is 0 Å². The van der Waals surface area contributed by atoms with Crippen molar-refractivity contribution < 1.29 is 9.52 Å². The van der Waals surface area contributed by atoms with Crippen molar-refractivity contribution in [3.8, 4) is 0 Å². The second-order valence-electron chi connectivity index (χ2n) is 5.00. The van der Waals surface area contributed by atoms with Crippen molar-refractivity contribution in [1.82, 2.24) is 9.80 Å². The Labute approximate surface area is 103 Å². The van der Waals surface area contributed by atoms with Gasteiger partial charge in [-0.25, -0.2) is 0 Å². The number of likely N-dealkylation sites (tertiary alicyclic amines) is 1. The quantitative estimate of drug-likeness (QED) is 0.858. The van der Waals surface area contributed by atoms with Gasteiger partial charge in [0.1, 0.15) is 18.1 Å². The molecule has 0 radical (unpaired) electrons. The van der Waals surface area contributed by atoms with Gasteiger partial charge in [0.05, 0.1) is 6.54 Å². The number of aliphatic hydroxyl groups excluding tert-OH is 1. The van der Waals surface area contributed by atoms with Gasteiger partial charge in [0.2, 0.25) is 0 Å². The molecule has 1 aliphatic heterocycles. The molecule has 0 bridgehead atoms. The summed E-state index contributed by atoms with van der Waals surface area (Å²) in [5, 5.41) is 8.94. The van der Waals surface area contributed by atoms with Gasteiger partial charge in [-0.15, -0.1) is 0 Å². The van der Waals surface area contributed by atoms with Crippen LogP contribution in [0.2, 0.25) is 0 Å². The first kappa shape index (κ1) is 12.6. The molecule has 2 heterocycles. The van der Waals surface area contributed by atoms with Crippen molar-refractivity contribution in [2.75, 3.05) is 27.2 Å². The van der Waals surface area contributed by atoms with E-state index in [1.165, 1.54) is 12.8 Å². The van der Waals surface area contributed by atoms with Gasteiger partial charge in [0.15, 0.2) is 0 Å². The maximum Gasteiger partial charge on any atom is 0.129 e. The first-order valence-electron chi connectivity index (χ1n) is 6.26. The Morgan fingerprint density at radius 3 is 2.47 bits per heavy atom. The van der Waals surface area contributed by atoms with Gasteiger partial charge in [0, 0.05) is 19.1 Å². The summed E-state index contributed by atoms with van der Waals surface area (Å²) in [6.07, 6.45) is 2.45. The van der Waals surface area contributed by atoms with Crippen LogP contribution in [0.1, 0.15) is 24.4 Å². The smallest absolute Gasteiger partial charge is 0.129 e. The molecule has 4 heteroatoms. The van der Waals surface area contributed by atoms with E-state index < -0.39 is 0 Å². The Kier molecular flexibility index (Phi) is 4.20. The molecule has 0 spiro atoms. The number of hydrogen-bond donors (Lipinski definition) is 1. The molecule has 1 saturated heterocycles. The van der Waals surface area contributed by atoms with E-state index in [9.17, 15) is 0 Å². The molecule has 2 rings (SSSR count). The molecule has 17 heavy (non-hydrogen) atoms. The summed E-state index contributed by atoms with van der Waals surface area (Å²) in [6.45, 7) is 3.10. The lowest BCUT2D eigenvalue weighted by atomic mass is 10.0. The van der Waals surface area contributed by atoms with Gasteiger partial charge in [-0.05, 0) is 39.1 Å². The predicted molar refractivity (Wildman–Crippen MR) is 66.6 cm³/mol. The SMILES string of the molecule is CN(C)C1CCN(Cc2ccc(CO)o2)CC1. The summed E-state index contributed by atoms with van der Waals surface area (Å²) in [5.74, 6) is 1.61. The Morgan fingerprint density at radius 2 is 1.94 bits per heavy atom. The second-order valence-corrected chi connectivity index (χ2v) is 5.00. The lowest BCUT2D eigenvalue weighted by Gasteiger charge is -2.34. The van der Waals surface area contributed by atoms with Crippen LogP contribution in [0.15, 0.2) is 16.5 Å². The Bertz CT molecular complexity index is 341. The van der Waals surface area contributed by atoms with Gasteiger partial charge in [-0.2, -0.15) is 0 Å². The third-order valence-corrected chi connectivity index (χ3v) is 3.54. The van der Waals surface area contributed by atoms with Crippen LogP contribution in [-0.2, 0) is 13.2 Å². The molecule has 0 atom stereocenters. The van der Waals surface area contributed by atoms with Crippen LogP contribution in [0, 0.1) is 0 Å². The highest BCUT2D eigenvalue weighted by Crippen LogP contribution is 2.17. The van der Waals surface area contributed by atoms with E-state index in [1.54, 1.807) is 0 Å². The topological polar surface area (TPSA) is 39.9 Å². The molecule has 0 aliphatic carbocycles. The normalized spacial score (nSPS) is 19.1. The number of nitrogens with zero attached hydrogens (tertiary/aromatic N) is 2. The van der Waals surface area contributed by atoms with Crippen molar-refractivity contribution in [2.45, 2.75) is 32.0 Å². The molecule has 1 aliphatic rings. The summed E-state index contributed by atoms with van der Waals surface area (Å²) in [6, 6.07) is 4.53. The monoisotopic (exact) mass is 238 g/mol. The highest BCUT2D eigenvalue weighted by atomic mass is 16.4. The predicted octanol–water partition coefficient (Wildman–Crippen LogP) is 1.30. The Balaban J connectivity index is 1.81. The Morgan fingerprint density at radius 1 is 1.29 bits per heavy atom. The molecule has 1 aromatic rings. The molecule has 96 valence electrons. The highest BCUT2D eigenvalue weighted by molar-refractivity contribution is 5.06. The zero-order valence-corrected chi connectivity index (χ0v) is 10.7. The van der Waals surface area contributed by atoms with E-state index in [0.717, 1.165) is 31.4 Å². The van der Waals surface area contributed by atoms with Crippen LogP contribution in [0.5, 0.6) is 0 Å². The minimum Gasteiger partial charge on any atom is -0.462 e. The minimum atomic E-state index is -0.0112. The van der Waals surface area contributed by atoms with Crippen LogP contribution < -0.4 is 0 Å². The molecule has 1 fully saturated rings. The lowest BCUT2D eigenvalue weighted by Crippen LogP contribution is -2.41. The van der Waals surface area contributed by atoms with E-state index in [1.807, 2.05) is 12.1 Å².